The second-order valence-electron chi connectivity index (χ2n) is 8.31. The average molecular weight is 420 g/mol. The molecule has 0 spiro atoms. The number of carbonyl (C=O) groups excluding carboxylic acids is 1. The fourth-order valence-corrected chi connectivity index (χ4v) is 3.35. The van der Waals surface area contributed by atoms with E-state index in [-0.39, 0.29) is 5.41 Å². The molecule has 0 bridgehead atoms. The number of hydrogen-bond acceptors (Lipinski definition) is 4. The minimum Gasteiger partial charge on any atom is -0.423 e. The van der Waals surface area contributed by atoms with Gasteiger partial charge in [0.1, 0.15) is 5.75 Å². The first-order valence-electron chi connectivity index (χ1n) is 9.75. The summed E-state index contributed by atoms with van der Waals surface area (Å²) < 4.78 is 11.0. The fourth-order valence-electron chi connectivity index (χ4n) is 3.23. The zero-order chi connectivity index (χ0) is 21.3. The van der Waals surface area contributed by atoms with Crippen LogP contribution in [0.25, 0.3) is 11.0 Å². The molecule has 152 valence electrons. The van der Waals surface area contributed by atoms with E-state index in [0.29, 0.717) is 28.3 Å². The number of nitrogens with zero attached hydrogens (tertiary/aromatic N) is 1. The van der Waals surface area contributed by atoms with Crippen LogP contribution in [0.1, 0.15) is 48.0 Å². The van der Waals surface area contributed by atoms with Crippen molar-refractivity contribution in [2.75, 3.05) is 0 Å². The number of rotatable bonds is 4. The van der Waals surface area contributed by atoms with Gasteiger partial charge in [-0.3, -0.25) is 0 Å². The Morgan fingerprint density at radius 1 is 1.00 bits per heavy atom. The molecule has 5 heteroatoms. The quantitative estimate of drug-likeness (QED) is 0.276. The normalized spacial score (nSPS) is 11.6. The standard InChI is InChI=1S/C25H22ClNO3/c1-25(2,3)18-8-6-17(7-9-18)24(28)29-20-12-13-21-22(27-30-23(21)15-20)14-16-4-10-19(26)11-5-16/h4-13,15H,14H2,1-3H3. The molecule has 0 aliphatic rings. The van der Waals surface area contributed by atoms with Crippen LogP contribution in [-0.2, 0) is 11.8 Å². The van der Waals surface area contributed by atoms with Gasteiger partial charge in [-0.15, -0.1) is 0 Å². The van der Waals surface area contributed by atoms with Crippen LogP contribution in [0.2, 0.25) is 5.02 Å². The van der Waals surface area contributed by atoms with Crippen molar-refractivity contribution in [3.63, 3.8) is 0 Å². The highest BCUT2D eigenvalue weighted by Crippen LogP contribution is 2.27. The number of benzene rings is 3. The molecule has 1 heterocycles. The van der Waals surface area contributed by atoms with Crippen LogP contribution in [0, 0.1) is 0 Å². The predicted molar refractivity (Wildman–Crippen MR) is 118 cm³/mol. The molecule has 3 aromatic carbocycles. The summed E-state index contributed by atoms with van der Waals surface area (Å²) in [5, 5.41) is 5.76. The van der Waals surface area contributed by atoms with Gasteiger partial charge in [0.2, 0.25) is 0 Å². The minimum absolute atomic E-state index is 0.0312. The third kappa shape index (κ3) is 4.39. The summed E-state index contributed by atoms with van der Waals surface area (Å²) in [6.45, 7) is 6.40. The van der Waals surface area contributed by atoms with Gasteiger partial charge in [0.25, 0.3) is 0 Å². The molecule has 0 saturated carbocycles. The van der Waals surface area contributed by atoms with Crippen LogP contribution < -0.4 is 4.74 Å². The molecule has 1 aromatic heterocycles. The highest BCUT2D eigenvalue weighted by molar-refractivity contribution is 6.30. The van der Waals surface area contributed by atoms with E-state index in [9.17, 15) is 4.79 Å². The Hall–Kier alpha value is -3.11. The summed E-state index contributed by atoms with van der Waals surface area (Å²) >= 11 is 5.94. The van der Waals surface area contributed by atoms with Crippen molar-refractivity contribution in [2.45, 2.75) is 32.6 Å². The summed E-state index contributed by atoms with van der Waals surface area (Å²) in [5.74, 6) is 0.0114. The Bertz CT molecular complexity index is 1190. The van der Waals surface area contributed by atoms with E-state index in [2.05, 4.69) is 25.9 Å². The van der Waals surface area contributed by atoms with Crippen LogP contribution in [0.5, 0.6) is 5.75 Å². The smallest absolute Gasteiger partial charge is 0.343 e. The van der Waals surface area contributed by atoms with Gasteiger partial charge in [-0.25, -0.2) is 4.79 Å². The lowest BCUT2D eigenvalue weighted by Crippen LogP contribution is -2.12. The molecule has 4 rings (SSSR count). The number of carbonyl (C=O) groups is 1. The molecule has 0 unspecified atom stereocenters. The van der Waals surface area contributed by atoms with E-state index in [1.54, 1.807) is 24.3 Å². The number of halogens is 1. The van der Waals surface area contributed by atoms with Crippen LogP contribution >= 0.6 is 11.6 Å². The Morgan fingerprint density at radius 2 is 1.70 bits per heavy atom. The lowest BCUT2D eigenvalue weighted by atomic mass is 9.87. The zero-order valence-electron chi connectivity index (χ0n) is 17.1. The van der Waals surface area contributed by atoms with Crippen LogP contribution in [0.15, 0.2) is 71.3 Å². The fraction of sp³-hybridized carbons (Fsp3) is 0.200. The maximum absolute atomic E-state index is 12.5. The average Bonchev–Trinajstić information content (AvgIpc) is 3.11. The number of aromatic nitrogens is 1. The topological polar surface area (TPSA) is 52.3 Å². The van der Waals surface area contributed by atoms with E-state index in [1.165, 1.54) is 0 Å². The summed E-state index contributed by atoms with van der Waals surface area (Å²) in [6, 6.07) is 20.4. The van der Waals surface area contributed by atoms with Gasteiger partial charge in [0.05, 0.1) is 11.3 Å². The predicted octanol–water partition coefficient (Wildman–Crippen LogP) is 6.59. The maximum Gasteiger partial charge on any atom is 0.343 e. The van der Waals surface area contributed by atoms with E-state index in [4.69, 9.17) is 20.9 Å². The van der Waals surface area contributed by atoms with E-state index < -0.39 is 5.97 Å². The third-order valence-corrected chi connectivity index (χ3v) is 5.25. The summed E-state index contributed by atoms with van der Waals surface area (Å²) in [7, 11) is 0. The summed E-state index contributed by atoms with van der Waals surface area (Å²) in [4.78, 5) is 12.5. The second-order valence-corrected chi connectivity index (χ2v) is 8.74. The Kier molecular flexibility index (Phi) is 5.35. The molecule has 0 radical (unpaired) electrons. The monoisotopic (exact) mass is 419 g/mol. The van der Waals surface area contributed by atoms with Crippen LogP contribution in [-0.4, -0.2) is 11.1 Å². The Balaban J connectivity index is 1.50. The Labute approximate surface area is 180 Å². The first-order chi connectivity index (χ1) is 14.3. The lowest BCUT2D eigenvalue weighted by Gasteiger charge is -2.18. The SMILES string of the molecule is CC(C)(C)c1ccc(C(=O)Oc2ccc3c(Cc4ccc(Cl)cc4)noc3c2)cc1. The molecule has 0 saturated heterocycles. The van der Waals surface area contributed by atoms with Gasteiger partial charge in [-0.05, 0) is 52.9 Å². The Morgan fingerprint density at radius 3 is 2.37 bits per heavy atom. The largest absolute Gasteiger partial charge is 0.423 e. The number of fused-ring (bicyclic) bond motifs is 1. The molecule has 4 aromatic rings. The van der Waals surface area contributed by atoms with Crippen molar-refractivity contribution >= 4 is 28.5 Å². The molecule has 0 fully saturated rings. The molecule has 0 N–H and O–H groups in total. The van der Waals surface area contributed by atoms with Gasteiger partial charge in [0.15, 0.2) is 5.58 Å². The van der Waals surface area contributed by atoms with Crippen molar-refractivity contribution < 1.29 is 14.1 Å². The third-order valence-electron chi connectivity index (χ3n) is 5.00. The highest BCUT2D eigenvalue weighted by Gasteiger charge is 2.16. The zero-order valence-corrected chi connectivity index (χ0v) is 17.9. The second kappa shape index (κ2) is 7.96. The number of esters is 1. The van der Waals surface area contributed by atoms with E-state index in [1.807, 2.05) is 42.5 Å². The van der Waals surface area contributed by atoms with Crippen LogP contribution in [0.4, 0.5) is 0 Å². The van der Waals surface area contributed by atoms with Gasteiger partial charge < -0.3 is 9.26 Å². The number of ether oxygens (including phenoxy) is 1. The van der Waals surface area contributed by atoms with Crippen LogP contribution in [0.3, 0.4) is 0 Å². The maximum atomic E-state index is 12.5. The molecule has 0 aliphatic heterocycles. The van der Waals surface area contributed by atoms with Crippen molar-refractivity contribution in [2.24, 2.45) is 0 Å². The molecular formula is C25H22ClNO3. The van der Waals surface area contributed by atoms with Gasteiger partial charge in [0, 0.05) is 22.9 Å². The van der Waals surface area contributed by atoms with E-state index >= 15 is 0 Å². The summed E-state index contributed by atoms with van der Waals surface area (Å²) in [6.07, 6.45) is 0.628. The summed E-state index contributed by atoms with van der Waals surface area (Å²) in [5.41, 5.74) is 4.18. The molecule has 0 amide bonds. The molecular weight excluding hydrogens is 398 g/mol. The highest BCUT2D eigenvalue weighted by atomic mass is 35.5. The van der Waals surface area contributed by atoms with Crippen molar-refractivity contribution in [1.82, 2.24) is 5.16 Å². The molecule has 4 nitrogen and oxygen atoms in total. The van der Waals surface area contributed by atoms with Gasteiger partial charge in [-0.1, -0.05) is 61.8 Å². The molecule has 0 aliphatic carbocycles. The lowest BCUT2D eigenvalue weighted by molar-refractivity contribution is 0.0735. The van der Waals surface area contributed by atoms with Gasteiger partial charge in [-0.2, -0.15) is 0 Å². The van der Waals surface area contributed by atoms with Crippen molar-refractivity contribution in [3.05, 3.63) is 94.1 Å². The first-order valence-corrected chi connectivity index (χ1v) is 10.1. The minimum atomic E-state index is -0.407. The molecule has 30 heavy (non-hydrogen) atoms. The van der Waals surface area contributed by atoms with E-state index in [0.717, 1.165) is 22.2 Å². The molecule has 0 atom stereocenters. The van der Waals surface area contributed by atoms with Gasteiger partial charge >= 0.3 is 5.97 Å². The first kappa shape index (κ1) is 20.2. The van der Waals surface area contributed by atoms with Crippen molar-refractivity contribution in [3.8, 4) is 5.75 Å². The number of hydrogen-bond donors (Lipinski definition) is 0. The van der Waals surface area contributed by atoms with Crippen molar-refractivity contribution in [1.29, 1.82) is 0 Å².